The van der Waals surface area contributed by atoms with Gasteiger partial charge < -0.3 is 10.5 Å². The smallest absolute Gasteiger partial charge is 0.109 e. The second kappa shape index (κ2) is 7.92. The molecule has 13 heavy (non-hydrogen) atoms. The summed E-state index contributed by atoms with van der Waals surface area (Å²) in [6.07, 6.45) is 2.80. The molecule has 0 aromatic carbocycles. The number of methoxy groups -OCH3 is 1. The molecular formula is C9H20ClNOS. The lowest BCUT2D eigenvalue weighted by Crippen LogP contribution is -2.37. The molecule has 2 nitrogen and oxygen atoms in total. The maximum absolute atomic E-state index is 5.82. The van der Waals surface area contributed by atoms with E-state index in [9.17, 15) is 0 Å². The molecule has 0 saturated heterocycles. The molecule has 0 aromatic heterocycles. The van der Waals surface area contributed by atoms with Gasteiger partial charge in [0.05, 0.1) is 0 Å². The molecule has 0 radical (unpaired) electrons. The van der Waals surface area contributed by atoms with Crippen molar-refractivity contribution in [3.8, 4) is 0 Å². The van der Waals surface area contributed by atoms with Crippen LogP contribution in [0.5, 0.6) is 0 Å². The highest BCUT2D eigenvalue weighted by Gasteiger charge is 2.23. The molecule has 0 aliphatic heterocycles. The van der Waals surface area contributed by atoms with Crippen LogP contribution in [0, 0.1) is 5.92 Å². The van der Waals surface area contributed by atoms with Crippen LogP contribution in [0.4, 0.5) is 0 Å². The largest absolute Gasteiger partial charge is 0.366 e. The molecular weight excluding hydrogens is 206 g/mol. The predicted octanol–water partition coefficient (Wildman–Crippen LogP) is 2.26. The van der Waals surface area contributed by atoms with Crippen LogP contribution in [-0.4, -0.2) is 24.5 Å². The van der Waals surface area contributed by atoms with Gasteiger partial charge in [-0.25, -0.2) is 0 Å². The Morgan fingerprint density at radius 1 is 1.46 bits per heavy atom. The van der Waals surface area contributed by atoms with Crippen LogP contribution >= 0.6 is 24.2 Å². The van der Waals surface area contributed by atoms with Gasteiger partial charge in [0.2, 0.25) is 0 Å². The number of rotatable bonds is 7. The summed E-state index contributed by atoms with van der Waals surface area (Å²) in [4.78, 5) is 0. The average molecular weight is 226 g/mol. The zero-order chi connectivity index (χ0) is 10.3. The van der Waals surface area contributed by atoms with Gasteiger partial charge in [-0.1, -0.05) is 13.3 Å². The summed E-state index contributed by atoms with van der Waals surface area (Å²) in [5.74, 6) is 0.933. The van der Waals surface area contributed by atoms with Crippen LogP contribution in [0.2, 0.25) is 0 Å². The van der Waals surface area contributed by atoms with E-state index in [0.29, 0.717) is 11.8 Å². The van der Waals surface area contributed by atoms with Gasteiger partial charge in [0.1, 0.15) is 6.23 Å². The summed E-state index contributed by atoms with van der Waals surface area (Å²) in [5, 5.41) is 0.243. The molecule has 0 fully saturated rings. The van der Waals surface area contributed by atoms with E-state index in [1.54, 1.807) is 7.11 Å². The van der Waals surface area contributed by atoms with Gasteiger partial charge in [-0.2, -0.15) is 12.6 Å². The Hall–Kier alpha value is 0.560. The van der Waals surface area contributed by atoms with Crippen molar-refractivity contribution >= 4 is 24.2 Å². The number of hydrogen-bond donors (Lipinski definition) is 2. The van der Waals surface area contributed by atoms with Gasteiger partial charge in [-0.05, 0) is 12.8 Å². The zero-order valence-corrected chi connectivity index (χ0v) is 10.0. The summed E-state index contributed by atoms with van der Waals surface area (Å²) < 4.78 is 5.12. The van der Waals surface area contributed by atoms with Crippen LogP contribution < -0.4 is 5.73 Å². The maximum Gasteiger partial charge on any atom is 0.109 e. The lowest BCUT2D eigenvalue weighted by Gasteiger charge is -2.27. The molecule has 0 aliphatic rings. The van der Waals surface area contributed by atoms with Crippen molar-refractivity contribution in [2.75, 3.05) is 13.0 Å². The summed E-state index contributed by atoms with van der Waals surface area (Å²) >= 11 is 10.1. The summed E-state index contributed by atoms with van der Waals surface area (Å²) in [7, 11) is 1.63. The van der Waals surface area contributed by atoms with Crippen LogP contribution in [0.3, 0.4) is 0 Å². The van der Waals surface area contributed by atoms with E-state index in [0.717, 1.165) is 19.3 Å². The van der Waals surface area contributed by atoms with Crippen molar-refractivity contribution in [3.05, 3.63) is 0 Å². The first-order chi connectivity index (χ1) is 6.17. The third kappa shape index (κ3) is 5.11. The molecule has 0 amide bonds. The molecule has 3 atom stereocenters. The van der Waals surface area contributed by atoms with Gasteiger partial charge in [-0.3, -0.25) is 0 Å². The number of alkyl halides is 1. The SMILES string of the molecule is CCCC(C(S)CCCl)C(N)OC. The van der Waals surface area contributed by atoms with E-state index < -0.39 is 0 Å². The second-order valence-electron chi connectivity index (χ2n) is 3.20. The monoisotopic (exact) mass is 225 g/mol. The standard InChI is InChI=1S/C9H20ClNOS/c1-3-4-7(9(11)12-2)8(13)5-6-10/h7-9,13H,3-6,11H2,1-2H3. The van der Waals surface area contributed by atoms with Crippen molar-refractivity contribution in [2.24, 2.45) is 11.7 Å². The summed E-state index contributed by atoms with van der Waals surface area (Å²) in [6, 6.07) is 0. The molecule has 80 valence electrons. The van der Waals surface area contributed by atoms with Gasteiger partial charge in [-0.15, -0.1) is 11.6 Å². The van der Waals surface area contributed by atoms with E-state index >= 15 is 0 Å². The summed E-state index contributed by atoms with van der Waals surface area (Å²) in [5.41, 5.74) is 5.82. The fraction of sp³-hybridized carbons (Fsp3) is 1.00. The number of halogens is 1. The van der Waals surface area contributed by atoms with Crippen molar-refractivity contribution in [2.45, 2.75) is 37.7 Å². The molecule has 2 N–H and O–H groups in total. The molecule has 0 spiro atoms. The first-order valence-electron chi connectivity index (χ1n) is 4.69. The Kier molecular flexibility index (Phi) is 8.26. The third-order valence-corrected chi connectivity index (χ3v) is 3.07. The van der Waals surface area contributed by atoms with E-state index in [1.807, 2.05) is 0 Å². The van der Waals surface area contributed by atoms with Crippen molar-refractivity contribution < 1.29 is 4.74 Å². The minimum atomic E-state index is -0.217. The van der Waals surface area contributed by atoms with Gasteiger partial charge in [0.25, 0.3) is 0 Å². The van der Waals surface area contributed by atoms with E-state index in [2.05, 4.69) is 19.6 Å². The minimum Gasteiger partial charge on any atom is -0.366 e. The Balaban J connectivity index is 4.05. The van der Waals surface area contributed by atoms with Gasteiger partial charge in [0, 0.05) is 24.2 Å². The summed E-state index contributed by atoms with van der Waals surface area (Å²) in [6.45, 7) is 2.14. The van der Waals surface area contributed by atoms with Crippen molar-refractivity contribution in [1.29, 1.82) is 0 Å². The van der Waals surface area contributed by atoms with Crippen molar-refractivity contribution in [1.82, 2.24) is 0 Å². The lowest BCUT2D eigenvalue weighted by atomic mass is 9.96. The second-order valence-corrected chi connectivity index (χ2v) is 4.24. The average Bonchev–Trinajstić information content (AvgIpc) is 2.13. The third-order valence-electron chi connectivity index (χ3n) is 2.22. The number of thiol groups is 1. The molecule has 4 heteroatoms. The lowest BCUT2D eigenvalue weighted by molar-refractivity contribution is 0.0521. The van der Waals surface area contributed by atoms with Crippen LogP contribution in [0.1, 0.15) is 26.2 Å². The topological polar surface area (TPSA) is 35.2 Å². The van der Waals surface area contributed by atoms with E-state index in [-0.39, 0.29) is 11.5 Å². The van der Waals surface area contributed by atoms with E-state index in [4.69, 9.17) is 22.1 Å². The van der Waals surface area contributed by atoms with Crippen LogP contribution in [0.15, 0.2) is 0 Å². The van der Waals surface area contributed by atoms with Crippen LogP contribution in [-0.2, 0) is 4.74 Å². The quantitative estimate of drug-likeness (QED) is 0.396. The number of nitrogens with two attached hydrogens (primary N) is 1. The normalized spacial score (nSPS) is 18.2. The van der Waals surface area contributed by atoms with Crippen LogP contribution in [0.25, 0.3) is 0 Å². The highest BCUT2D eigenvalue weighted by Crippen LogP contribution is 2.22. The number of hydrogen-bond acceptors (Lipinski definition) is 3. The fourth-order valence-electron chi connectivity index (χ4n) is 1.41. The highest BCUT2D eigenvalue weighted by molar-refractivity contribution is 7.81. The molecule has 0 aliphatic carbocycles. The van der Waals surface area contributed by atoms with Gasteiger partial charge >= 0.3 is 0 Å². The molecule has 0 heterocycles. The first-order valence-corrected chi connectivity index (χ1v) is 5.74. The maximum atomic E-state index is 5.82. The molecule has 0 aromatic rings. The minimum absolute atomic E-state index is 0.217. The Bertz CT molecular complexity index is 126. The molecule has 0 rings (SSSR count). The zero-order valence-electron chi connectivity index (χ0n) is 8.37. The first kappa shape index (κ1) is 13.6. The highest BCUT2D eigenvalue weighted by atomic mass is 35.5. The fourth-order valence-corrected chi connectivity index (χ4v) is 2.24. The van der Waals surface area contributed by atoms with Gasteiger partial charge in [0.15, 0.2) is 0 Å². The Labute approximate surface area is 91.6 Å². The molecule has 0 saturated carbocycles. The Morgan fingerprint density at radius 3 is 2.46 bits per heavy atom. The van der Waals surface area contributed by atoms with E-state index in [1.165, 1.54) is 0 Å². The Morgan fingerprint density at radius 2 is 2.08 bits per heavy atom. The molecule has 3 unspecified atom stereocenters. The molecule has 0 bridgehead atoms. The van der Waals surface area contributed by atoms with Crippen molar-refractivity contribution in [3.63, 3.8) is 0 Å². The number of ether oxygens (including phenoxy) is 1. The predicted molar refractivity (Wildman–Crippen MR) is 61.5 cm³/mol.